The van der Waals surface area contributed by atoms with Crippen molar-refractivity contribution in [2.75, 3.05) is 36.0 Å². The van der Waals surface area contributed by atoms with Crippen molar-refractivity contribution in [3.05, 3.63) is 59.7 Å². The molecule has 0 radical (unpaired) electrons. The molecule has 4 atom stereocenters. The van der Waals surface area contributed by atoms with Crippen LogP contribution in [-0.2, 0) is 0 Å². The summed E-state index contributed by atoms with van der Waals surface area (Å²) in [5.41, 5.74) is 2.73. The molecule has 4 unspecified atom stereocenters. The number of carbonyl (C=O) groups excluding carboxylic acids is 1. The Kier molecular flexibility index (Phi) is 9.65. The third kappa shape index (κ3) is 7.91. The molecule has 0 fully saturated rings. The zero-order chi connectivity index (χ0) is 23.8. The summed E-state index contributed by atoms with van der Waals surface area (Å²) in [5.74, 6) is -0.113. The van der Waals surface area contributed by atoms with Gasteiger partial charge in [-0.1, -0.05) is 0 Å². The van der Waals surface area contributed by atoms with Crippen molar-refractivity contribution < 1.29 is 25.2 Å². The molecule has 2 rings (SSSR count). The second kappa shape index (κ2) is 12.0. The van der Waals surface area contributed by atoms with Gasteiger partial charge in [-0.3, -0.25) is 4.79 Å². The zero-order valence-corrected chi connectivity index (χ0v) is 19.3. The number of nitrogens with zero attached hydrogens (tertiary/aromatic N) is 2. The van der Waals surface area contributed by atoms with Crippen LogP contribution in [0.4, 0.5) is 11.4 Å². The molecule has 0 saturated heterocycles. The minimum atomic E-state index is -0.546. The van der Waals surface area contributed by atoms with E-state index in [1.807, 2.05) is 34.1 Å². The SMILES string of the molecule is CC(O)CN(CC(C)O)c1ccc(C(=O)c2ccc(N(CC(C)O)CC(C)O)cc2)cc1. The molecular formula is C25H36N2O5. The van der Waals surface area contributed by atoms with Crippen LogP contribution in [-0.4, -0.2) is 76.8 Å². The van der Waals surface area contributed by atoms with Crippen LogP contribution >= 0.6 is 0 Å². The van der Waals surface area contributed by atoms with E-state index in [0.29, 0.717) is 37.3 Å². The van der Waals surface area contributed by atoms with Crippen molar-refractivity contribution in [1.29, 1.82) is 0 Å². The average molecular weight is 445 g/mol. The summed E-state index contributed by atoms with van der Waals surface area (Å²) in [7, 11) is 0. The molecule has 0 saturated carbocycles. The molecule has 32 heavy (non-hydrogen) atoms. The topological polar surface area (TPSA) is 104 Å². The monoisotopic (exact) mass is 444 g/mol. The molecule has 7 heteroatoms. The molecule has 7 nitrogen and oxygen atoms in total. The minimum Gasteiger partial charge on any atom is -0.392 e. The molecule has 176 valence electrons. The van der Waals surface area contributed by atoms with Crippen molar-refractivity contribution in [1.82, 2.24) is 0 Å². The normalized spacial score (nSPS) is 15.0. The molecule has 2 aromatic carbocycles. The molecule has 0 amide bonds. The lowest BCUT2D eigenvalue weighted by atomic mass is 10.0. The first kappa shape index (κ1) is 25.8. The van der Waals surface area contributed by atoms with Gasteiger partial charge in [0, 0.05) is 48.7 Å². The first-order valence-corrected chi connectivity index (χ1v) is 11.0. The maximum absolute atomic E-state index is 12.9. The fraction of sp³-hybridized carbons (Fsp3) is 0.480. The second-order valence-electron chi connectivity index (χ2n) is 8.63. The first-order valence-electron chi connectivity index (χ1n) is 11.0. The second-order valence-corrected chi connectivity index (χ2v) is 8.63. The number of hydrogen-bond acceptors (Lipinski definition) is 7. The van der Waals surface area contributed by atoms with Crippen molar-refractivity contribution in [2.24, 2.45) is 0 Å². The standard InChI is InChI=1S/C25H36N2O5/c1-17(28)13-26(14-18(2)29)23-9-5-21(6-10-23)25(32)22-7-11-24(12-8-22)27(15-19(3)30)16-20(4)31/h5-12,17-20,28-31H,13-16H2,1-4H3. The maximum Gasteiger partial charge on any atom is 0.193 e. The smallest absolute Gasteiger partial charge is 0.193 e. The van der Waals surface area contributed by atoms with E-state index in [-0.39, 0.29) is 5.78 Å². The number of hydrogen-bond donors (Lipinski definition) is 4. The molecule has 2 aromatic rings. The van der Waals surface area contributed by atoms with Gasteiger partial charge in [0.1, 0.15) is 0 Å². The van der Waals surface area contributed by atoms with E-state index >= 15 is 0 Å². The summed E-state index contributed by atoms with van der Waals surface area (Å²) < 4.78 is 0. The van der Waals surface area contributed by atoms with Crippen LogP contribution < -0.4 is 9.80 Å². The number of aliphatic hydroxyl groups is 4. The quantitative estimate of drug-likeness (QED) is 0.372. The molecule has 0 aliphatic rings. The largest absolute Gasteiger partial charge is 0.392 e. The number of benzene rings is 2. The lowest BCUT2D eigenvalue weighted by Gasteiger charge is -2.27. The predicted octanol–water partition coefficient (Wildman–Crippen LogP) is 2.05. The van der Waals surface area contributed by atoms with Gasteiger partial charge in [0.25, 0.3) is 0 Å². The van der Waals surface area contributed by atoms with E-state index in [9.17, 15) is 25.2 Å². The van der Waals surface area contributed by atoms with Crippen molar-refractivity contribution in [2.45, 2.75) is 52.1 Å². The van der Waals surface area contributed by atoms with Crippen molar-refractivity contribution in [3.8, 4) is 0 Å². The molecule has 0 aromatic heterocycles. The van der Waals surface area contributed by atoms with Gasteiger partial charge in [-0.25, -0.2) is 0 Å². The Morgan fingerprint density at radius 2 is 0.844 bits per heavy atom. The number of carbonyl (C=O) groups is 1. The molecule has 0 heterocycles. The Hall–Kier alpha value is -2.45. The van der Waals surface area contributed by atoms with Crippen LogP contribution in [0.3, 0.4) is 0 Å². The highest BCUT2D eigenvalue weighted by atomic mass is 16.3. The number of ketones is 1. The van der Waals surface area contributed by atoms with Gasteiger partial charge in [-0.2, -0.15) is 0 Å². The molecule has 0 spiro atoms. The zero-order valence-electron chi connectivity index (χ0n) is 19.3. The van der Waals surface area contributed by atoms with Crippen molar-refractivity contribution >= 4 is 17.2 Å². The van der Waals surface area contributed by atoms with Gasteiger partial charge in [-0.15, -0.1) is 0 Å². The Bertz CT molecular complexity index is 743. The van der Waals surface area contributed by atoms with Crippen LogP contribution in [0.25, 0.3) is 0 Å². The van der Waals surface area contributed by atoms with Gasteiger partial charge in [-0.05, 0) is 76.2 Å². The summed E-state index contributed by atoms with van der Waals surface area (Å²) in [5, 5.41) is 39.0. The highest BCUT2D eigenvalue weighted by Crippen LogP contribution is 2.21. The average Bonchev–Trinajstić information content (AvgIpc) is 2.71. The minimum absolute atomic E-state index is 0.113. The van der Waals surface area contributed by atoms with E-state index in [0.717, 1.165) is 11.4 Å². The predicted molar refractivity (Wildman–Crippen MR) is 127 cm³/mol. The van der Waals surface area contributed by atoms with E-state index in [1.165, 1.54) is 0 Å². The lowest BCUT2D eigenvalue weighted by Crippen LogP contribution is -2.36. The van der Waals surface area contributed by atoms with Crippen LogP contribution in [0.5, 0.6) is 0 Å². The van der Waals surface area contributed by atoms with Gasteiger partial charge in [0.05, 0.1) is 24.4 Å². The van der Waals surface area contributed by atoms with Crippen LogP contribution in [0, 0.1) is 0 Å². The van der Waals surface area contributed by atoms with Gasteiger partial charge >= 0.3 is 0 Å². The summed E-state index contributed by atoms with van der Waals surface area (Å²) in [4.78, 5) is 16.7. The highest BCUT2D eigenvalue weighted by molar-refractivity contribution is 6.09. The van der Waals surface area contributed by atoms with Crippen LogP contribution in [0.15, 0.2) is 48.5 Å². The fourth-order valence-corrected chi connectivity index (χ4v) is 3.66. The van der Waals surface area contributed by atoms with Crippen LogP contribution in [0.1, 0.15) is 43.6 Å². The Morgan fingerprint density at radius 3 is 1.06 bits per heavy atom. The maximum atomic E-state index is 12.9. The third-order valence-corrected chi connectivity index (χ3v) is 4.93. The van der Waals surface area contributed by atoms with Gasteiger partial charge in [0.15, 0.2) is 5.78 Å². The lowest BCUT2D eigenvalue weighted by molar-refractivity contribution is 0.103. The Balaban J connectivity index is 2.16. The van der Waals surface area contributed by atoms with E-state index in [4.69, 9.17) is 0 Å². The van der Waals surface area contributed by atoms with Crippen molar-refractivity contribution in [3.63, 3.8) is 0 Å². The van der Waals surface area contributed by atoms with E-state index in [2.05, 4.69) is 0 Å². The molecule has 4 N–H and O–H groups in total. The van der Waals surface area contributed by atoms with Crippen LogP contribution in [0.2, 0.25) is 0 Å². The number of anilines is 2. The third-order valence-electron chi connectivity index (χ3n) is 4.93. The van der Waals surface area contributed by atoms with E-state index < -0.39 is 24.4 Å². The number of rotatable bonds is 12. The molecule has 0 aliphatic carbocycles. The van der Waals surface area contributed by atoms with Gasteiger partial charge in [0.2, 0.25) is 0 Å². The summed E-state index contributed by atoms with van der Waals surface area (Å²) in [6.07, 6.45) is -2.18. The van der Waals surface area contributed by atoms with Gasteiger partial charge < -0.3 is 30.2 Å². The first-order chi connectivity index (χ1) is 15.1. The Morgan fingerprint density at radius 1 is 0.594 bits per heavy atom. The number of aliphatic hydroxyl groups excluding tert-OH is 4. The summed E-state index contributed by atoms with van der Waals surface area (Å²) in [6, 6.07) is 14.3. The van der Waals surface area contributed by atoms with E-state index in [1.54, 1.807) is 52.0 Å². The molecule has 0 aliphatic heterocycles. The summed E-state index contributed by atoms with van der Waals surface area (Å²) in [6.45, 7) is 8.31. The Labute approximate surface area is 190 Å². The molecular weight excluding hydrogens is 408 g/mol. The highest BCUT2D eigenvalue weighted by Gasteiger charge is 2.16. The fourth-order valence-electron chi connectivity index (χ4n) is 3.66. The molecule has 0 bridgehead atoms. The summed E-state index contributed by atoms with van der Waals surface area (Å²) >= 11 is 0.